The summed E-state index contributed by atoms with van der Waals surface area (Å²) in [7, 11) is 0. The molecule has 1 saturated carbocycles. The number of fused-ring (bicyclic) bond motifs is 1. The number of rotatable bonds is 4. The third-order valence-corrected chi connectivity index (χ3v) is 6.15. The Morgan fingerprint density at radius 2 is 1.75 bits per heavy atom. The number of pyridine rings is 1. The van der Waals surface area contributed by atoms with Crippen LogP contribution in [-0.2, 0) is 4.79 Å². The molecule has 1 N–H and O–H groups in total. The molecule has 0 saturated heterocycles. The van der Waals surface area contributed by atoms with Gasteiger partial charge in [-0.05, 0) is 67.3 Å². The molecule has 0 unspecified atom stereocenters. The Labute approximate surface area is 165 Å². The quantitative estimate of drug-likeness (QED) is 0.614. The van der Waals surface area contributed by atoms with E-state index in [2.05, 4.69) is 34.6 Å². The zero-order valence-corrected chi connectivity index (χ0v) is 16.1. The molecule has 1 aromatic heterocycles. The third-order valence-electron chi connectivity index (χ3n) is 6.15. The Balaban J connectivity index is 1.41. The number of amides is 1. The monoisotopic (exact) mass is 376 g/mol. The van der Waals surface area contributed by atoms with Crippen LogP contribution >= 0.6 is 0 Å². The standard InChI is InChI=1S/C24H25FN2O/c1-16(24(28)27-23-9-5-3-7-21(23)25)17-10-12-18(13-11-17)19-14-15-26-22-8-4-2-6-20(19)22/h2-9,14-18H,10-13H2,1H3,(H,27,28)/t16-,17?,18?/m1/s1. The van der Waals surface area contributed by atoms with Crippen molar-refractivity contribution in [2.45, 2.75) is 38.5 Å². The fraction of sp³-hybridized carbons (Fsp3) is 0.333. The van der Waals surface area contributed by atoms with Gasteiger partial charge in [0.2, 0.25) is 5.91 Å². The number of nitrogens with one attached hydrogen (secondary N) is 1. The van der Waals surface area contributed by atoms with Crippen molar-refractivity contribution in [3.8, 4) is 0 Å². The topological polar surface area (TPSA) is 42.0 Å². The van der Waals surface area contributed by atoms with Crippen molar-refractivity contribution in [3.05, 3.63) is 72.2 Å². The van der Waals surface area contributed by atoms with Gasteiger partial charge in [0.1, 0.15) is 5.82 Å². The van der Waals surface area contributed by atoms with E-state index < -0.39 is 5.82 Å². The van der Waals surface area contributed by atoms with Crippen LogP contribution in [0.5, 0.6) is 0 Å². The summed E-state index contributed by atoms with van der Waals surface area (Å²) in [5.74, 6) is 0.219. The average molecular weight is 376 g/mol. The maximum atomic E-state index is 13.8. The molecule has 1 atom stereocenters. The normalized spacial score (nSPS) is 20.6. The Bertz CT molecular complexity index is 974. The average Bonchev–Trinajstić information content (AvgIpc) is 2.74. The predicted molar refractivity (Wildman–Crippen MR) is 111 cm³/mol. The van der Waals surface area contributed by atoms with Gasteiger partial charge in [0.05, 0.1) is 11.2 Å². The van der Waals surface area contributed by atoms with E-state index in [4.69, 9.17) is 0 Å². The van der Waals surface area contributed by atoms with Crippen molar-refractivity contribution in [2.24, 2.45) is 11.8 Å². The molecule has 4 heteroatoms. The minimum atomic E-state index is -0.392. The molecule has 3 aromatic rings. The van der Waals surface area contributed by atoms with Gasteiger partial charge in [0.25, 0.3) is 0 Å². The summed E-state index contributed by atoms with van der Waals surface area (Å²) in [6.07, 6.45) is 6.04. The van der Waals surface area contributed by atoms with E-state index in [0.717, 1.165) is 31.2 Å². The van der Waals surface area contributed by atoms with Crippen LogP contribution in [0.3, 0.4) is 0 Å². The second kappa shape index (κ2) is 8.09. The molecule has 144 valence electrons. The van der Waals surface area contributed by atoms with Crippen molar-refractivity contribution in [2.75, 3.05) is 5.32 Å². The smallest absolute Gasteiger partial charge is 0.227 e. The van der Waals surface area contributed by atoms with Gasteiger partial charge in [0.15, 0.2) is 0 Å². The molecule has 0 bridgehead atoms. The fourth-order valence-corrected chi connectivity index (χ4v) is 4.43. The van der Waals surface area contributed by atoms with Crippen LogP contribution < -0.4 is 5.32 Å². The number of carbonyl (C=O) groups excluding carboxylic acids is 1. The molecule has 2 aromatic carbocycles. The third kappa shape index (κ3) is 3.77. The number of anilines is 1. The minimum Gasteiger partial charge on any atom is -0.323 e. The van der Waals surface area contributed by atoms with Gasteiger partial charge in [-0.25, -0.2) is 4.39 Å². The van der Waals surface area contributed by atoms with Crippen molar-refractivity contribution >= 4 is 22.5 Å². The summed E-state index contributed by atoms with van der Waals surface area (Å²) < 4.78 is 13.8. The lowest BCUT2D eigenvalue weighted by atomic mass is 9.73. The van der Waals surface area contributed by atoms with Gasteiger partial charge in [-0.2, -0.15) is 0 Å². The lowest BCUT2D eigenvalue weighted by molar-refractivity contribution is -0.121. The Hall–Kier alpha value is -2.75. The predicted octanol–water partition coefficient (Wildman–Crippen LogP) is 5.92. The highest BCUT2D eigenvalue weighted by Crippen LogP contribution is 2.40. The summed E-state index contributed by atoms with van der Waals surface area (Å²) in [5.41, 5.74) is 2.67. The van der Waals surface area contributed by atoms with Crippen LogP contribution in [0.1, 0.15) is 44.1 Å². The van der Waals surface area contributed by atoms with E-state index in [0.29, 0.717) is 11.8 Å². The Morgan fingerprint density at radius 1 is 1.04 bits per heavy atom. The number of benzene rings is 2. The summed E-state index contributed by atoms with van der Waals surface area (Å²) in [5, 5.41) is 3.99. The van der Waals surface area contributed by atoms with Gasteiger partial charge in [-0.3, -0.25) is 9.78 Å². The van der Waals surface area contributed by atoms with Crippen molar-refractivity contribution < 1.29 is 9.18 Å². The number of carbonyl (C=O) groups is 1. The van der Waals surface area contributed by atoms with E-state index in [1.807, 2.05) is 19.2 Å². The van der Waals surface area contributed by atoms with Crippen molar-refractivity contribution in [1.82, 2.24) is 4.98 Å². The lowest BCUT2D eigenvalue weighted by Gasteiger charge is -2.32. The van der Waals surface area contributed by atoms with Crippen molar-refractivity contribution in [1.29, 1.82) is 0 Å². The maximum Gasteiger partial charge on any atom is 0.227 e. The second-order valence-electron chi connectivity index (χ2n) is 7.79. The first-order valence-electron chi connectivity index (χ1n) is 10.0. The van der Waals surface area contributed by atoms with E-state index in [1.165, 1.54) is 17.0 Å². The second-order valence-corrected chi connectivity index (χ2v) is 7.79. The Morgan fingerprint density at radius 3 is 2.54 bits per heavy atom. The molecule has 1 heterocycles. The molecule has 28 heavy (non-hydrogen) atoms. The van der Waals surface area contributed by atoms with Crippen LogP contribution in [0.4, 0.5) is 10.1 Å². The molecule has 1 fully saturated rings. The first kappa shape index (κ1) is 18.6. The first-order chi connectivity index (χ1) is 13.6. The highest BCUT2D eigenvalue weighted by Gasteiger charge is 2.30. The first-order valence-corrected chi connectivity index (χ1v) is 10.0. The van der Waals surface area contributed by atoms with Crippen LogP contribution in [0.15, 0.2) is 60.8 Å². The molecule has 0 radical (unpaired) electrons. The number of para-hydroxylation sites is 2. The number of hydrogen-bond donors (Lipinski definition) is 1. The van der Waals surface area contributed by atoms with Crippen molar-refractivity contribution in [3.63, 3.8) is 0 Å². The van der Waals surface area contributed by atoms with E-state index in [-0.39, 0.29) is 17.5 Å². The molecule has 1 aliphatic rings. The highest BCUT2D eigenvalue weighted by molar-refractivity contribution is 5.92. The lowest BCUT2D eigenvalue weighted by Crippen LogP contribution is -2.29. The minimum absolute atomic E-state index is 0.0945. The van der Waals surface area contributed by atoms with Gasteiger partial charge < -0.3 is 5.32 Å². The van der Waals surface area contributed by atoms with Gasteiger partial charge >= 0.3 is 0 Å². The molecular formula is C24H25FN2O. The van der Waals surface area contributed by atoms with E-state index in [1.54, 1.807) is 18.2 Å². The van der Waals surface area contributed by atoms with E-state index >= 15 is 0 Å². The zero-order valence-electron chi connectivity index (χ0n) is 16.1. The number of hydrogen-bond acceptors (Lipinski definition) is 2. The summed E-state index contributed by atoms with van der Waals surface area (Å²) >= 11 is 0. The molecule has 1 amide bonds. The summed E-state index contributed by atoms with van der Waals surface area (Å²) in [4.78, 5) is 17.1. The van der Waals surface area contributed by atoms with Crippen LogP contribution in [-0.4, -0.2) is 10.9 Å². The molecule has 0 aliphatic heterocycles. The number of aromatic nitrogens is 1. The summed E-state index contributed by atoms with van der Waals surface area (Å²) in [6, 6.07) is 16.7. The molecular weight excluding hydrogens is 351 g/mol. The van der Waals surface area contributed by atoms with E-state index in [9.17, 15) is 9.18 Å². The van der Waals surface area contributed by atoms with Crippen LogP contribution in [0.2, 0.25) is 0 Å². The number of halogens is 1. The largest absolute Gasteiger partial charge is 0.323 e. The SMILES string of the molecule is C[C@@H](C(=O)Nc1ccccc1F)C1CCC(c2ccnc3ccccc23)CC1. The fourth-order valence-electron chi connectivity index (χ4n) is 4.43. The molecule has 0 spiro atoms. The van der Waals surface area contributed by atoms with Gasteiger partial charge in [-0.15, -0.1) is 0 Å². The maximum absolute atomic E-state index is 13.8. The van der Waals surface area contributed by atoms with Crippen LogP contribution in [0.25, 0.3) is 10.9 Å². The number of nitrogens with zero attached hydrogens (tertiary/aromatic N) is 1. The molecule has 1 aliphatic carbocycles. The highest BCUT2D eigenvalue weighted by atomic mass is 19.1. The van der Waals surface area contributed by atoms with Gasteiger partial charge in [-0.1, -0.05) is 37.3 Å². The summed E-state index contributed by atoms with van der Waals surface area (Å²) in [6.45, 7) is 1.96. The molecule has 3 nitrogen and oxygen atoms in total. The zero-order chi connectivity index (χ0) is 19.5. The Kier molecular flexibility index (Phi) is 5.38. The molecule has 4 rings (SSSR count). The van der Waals surface area contributed by atoms with Crippen LogP contribution in [0, 0.1) is 17.7 Å². The van der Waals surface area contributed by atoms with Gasteiger partial charge in [0, 0.05) is 17.5 Å².